The molecule has 0 radical (unpaired) electrons. The number of fused-ring (bicyclic) bond motifs is 1. The molecule has 2 fully saturated rings. The molecule has 2 aliphatic heterocycles. The second kappa shape index (κ2) is 8.06. The van der Waals surface area contributed by atoms with E-state index in [-0.39, 0.29) is 13.0 Å². The Labute approximate surface area is 170 Å². The van der Waals surface area contributed by atoms with Gasteiger partial charge in [-0.25, -0.2) is 9.97 Å². The first-order valence-electron chi connectivity index (χ1n) is 9.89. The van der Waals surface area contributed by atoms with Crippen LogP contribution in [0.3, 0.4) is 0 Å². The van der Waals surface area contributed by atoms with E-state index >= 15 is 0 Å². The lowest BCUT2D eigenvalue weighted by Crippen LogP contribution is -2.45. The molecular formula is C19H24F3N5OS. The lowest BCUT2D eigenvalue weighted by molar-refractivity contribution is -0.187. The second-order valence-corrected chi connectivity index (χ2v) is 9.01. The number of rotatable bonds is 4. The minimum atomic E-state index is -4.09. The van der Waals surface area contributed by atoms with E-state index in [1.807, 2.05) is 4.90 Å². The van der Waals surface area contributed by atoms with Crippen molar-refractivity contribution in [2.24, 2.45) is 17.6 Å². The molecule has 0 aromatic carbocycles. The molecular weight excluding hydrogens is 403 g/mol. The number of thiophene rings is 1. The van der Waals surface area contributed by atoms with Crippen molar-refractivity contribution < 1.29 is 18.0 Å². The first-order chi connectivity index (χ1) is 13.8. The third kappa shape index (κ3) is 4.48. The number of alkyl halides is 3. The number of nitrogens with two attached hydrogens (primary N) is 1. The molecule has 2 aliphatic rings. The van der Waals surface area contributed by atoms with E-state index in [1.165, 1.54) is 17.7 Å². The number of halogens is 3. The SMILES string of the molecule is NC(=O)c1cc2ncnc(N3CCC(CN4CCCC(C(F)(F)F)C4)CC3)c2s1. The number of primary amides is 1. The Kier molecular flexibility index (Phi) is 5.65. The van der Waals surface area contributed by atoms with Gasteiger partial charge >= 0.3 is 6.18 Å². The van der Waals surface area contributed by atoms with Crippen LogP contribution >= 0.6 is 11.3 Å². The molecule has 6 nitrogen and oxygen atoms in total. The number of likely N-dealkylation sites (tertiary alicyclic amines) is 1. The summed E-state index contributed by atoms with van der Waals surface area (Å²) >= 11 is 1.30. The van der Waals surface area contributed by atoms with Crippen LogP contribution in [0.25, 0.3) is 10.2 Å². The van der Waals surface area contributed by atoms with Crippen LogP contribution < -0.4 is 10.6 Å². The average molecular weight is 427 g/mol. The lowest BCUT2D eigenvalue weighted by atomic mass is 9.92. The van der Waals surface area contributed by atoms with Crippen LogP contribution in [0.1, 0.15) is 35.4 Å². The summed E-state index contributed by atoms with van der Waals surface area (Å²) < 4.78 is 40.0. The van der Waals surface area contributed by atoms with Crippen molar-refractivity contribution >= 4 is 33.3 Å². The predicted octanol–water partition coefficient (Wildman–Crippen LogP) is 3.28. The maximum Gasteiger partial charge on any atom is 0.393 e. The van der Waals surface area contributed by atoms with Crippen LogP contribution in [0, 0.1) is 11.8 Å². The van der Waals surface area contributed by atoms with Crippen molar-refractivity contribution in [2.75, 3.05) is 37.6 Å². The molecule has 1 unspecified atom stereocenters. The predicted molar refractivity (Wildman–Crippen MR) is 106 cm³/mol. The summed E-state index contributed by atoms with van der Waals surface area (Å²) in [5.74, 6) is -0.471. The molecule has 29 heavy (non-hydrogen) atoms. The van der Waals surface area contributed by atoms with Gasteiger partial charge in [-0.05, 0) is 44.2 Å². The van der Waals surface area contributed by atoms with Gasteiger partial charge in [0.2, 0.25) is 0 Å². The van der Waals surface area contributed by atoms with Crippen molar-refractivity contribution in [3.05, 3.63) is 17.3 Å². The molecule has 2 saturated heterocycles. The smallest absolute Gasteiger partial charge is 0.365 e. The van der Waals surface area contributed by atoms with Gasteiger partial charge < -0.3 is 15.5 Å². The second-order valence-electron chi connectivity index (χ2n) is 7.96. The highest BCUT2D eigenvalue weighted by Crippen LogP contribution is 2.35. The fraction of sp³-hybridized carbons (Fsp3) is 0.632. The minimum absolute atomic E-state index is 0.126. The number of hydrogen-bond donors (Lipinski definition) is 1. The summed E-state index contributed by atoms with van der Waals surface area (Å²) in [5.41, 5.74) is 6.10. The first kappa shape index (κ1) is 20.3. The van der Waals surface area contributed by atoms with Crippen molar-refractivity contribution in [2.45, 2.75) is 31.9 Å². The highest BCUT2D eigenvalue weighted by molar-refractivity contribution is 7.21. The molecule has 0 spiro atoms. The van der Waals surface area contributed by atoms with E-state index < -0.39 is 18.0 Å². The van der Waals surface area contributed by atoms with E-state index in [0.29, 0.717) is 22.7 Å². The van der Waals surface area contributed by atoms with Gasteiger partial charge in [0.15, 0.2) is 0 Å². The summed E-state index contributed by atoms with van der Waals surface area (Å²) in [6, 6.07) is 1.69. The number of anilines is 1. The largest absolute Gasteiger partial charge is 0.393 e. The van der Waals surface area contributed by atoms with Gasteiger partial charge in [-0.2, -0.15) is 13.2 Å². The van der Waals surface area contributed by atoms with E-state index in [9.17, 15) is 18.0 Å². The standard InChI is InChI=1S/C19H24F3N5OS/c20-19(21,22)13-2-1-5-26(10-13)9-12-3-6-27(7-4-12)18-16-14(24-11-25-18)8-15(29-16)17(23)28/h8,11-13H,1-7,9-10H2,(H2,23,28). The number of piperidine rings is 2. The molecule has 4 rings (SSSR count). The minimum Gasteiger partial charge on any atom is -0.365 e. The van der Waals surface area contributed by atoms with Crippen molar-refractivity contribution in [1.29, 1.82) is 0 Å². The quantitative estimate of drug-likeness (QED) is 0.811. The fourth-order valence-corrected chi connectivity index (χ4v) is 5.35. The zero-order valence-electron chi connectivity index (χ0n) is 16.0. The Balaban J connectivity index is 1.37. The molecule has 1 atom stereocenters. The van der Waals surface area contributed by atoms with Crippen molar-refractivity contribution in [3.63, 3.8) is 0 Å². The number of carbonyl (C=O) groups excluding carboxylic acids is 1. The van der Waals surface area contributed by atoms with Crippen LogP contribution in [-0.4, -0.2) is 59.7 Å². The number of aromatic nitrogens is 2. The van der Waals surface area contributed by atoms with Gasteiger partial charge in [0.1, 0.15) is 12.1 Å². The van der Waals surface area contributed by atoms with Gasteiger partial charge in [0.05, 0.1) is 21.0 Å². The molecule has 2 N–H and O–H groups in total. The number of nitrogens with zero attached hydrogens (tertiary/aromatic N) is 4. The van der Waals surface area contributed by atoms with Gasteiger partial charge in [-0.3, -0.25) is 4.79 Å². The summed E-state index contributed by atoms with van der Waals surface area (Å²) in [6.45, 7) is 3.18. The molecule has 2 aromatic rings. The molecule has 0 aliphatic carbocycles. The highest BCUT2D eigenvalue weighted by atomic mass is 32.1. The van der Waals surface area contributed by atoms with Crippen LogP contribution in [-0.2, 0) is 0 Å². The van der Waals surface area contributed by atoms with E-state index in [0.717, 1.165) is 49.5 Å². The Bertz CT molecular complexity index is 878. The molecule has 1 amide bonds. The van der Waals surface area contributed by atoms with E-state index in [2.05, 4.69) is 14.9 Å². The van der Waals surface area contributed by atoms with E-state index in [1.54, 1.807) is 6.07 Å². The normalized spacial score (nSPS) is 22.3. The van der Waals surface area contributed by atoms with Crippen molar-refractivity contribution in [1.82, 2.24) is 14.9 Å². The maximum absolute atomic E-state index is 13.0. The number of carbonyl (C=O) groups is 1. The summed E-state index contributed by atoms with van der Waals surface area (Å²) in [7, 11) is 0. The van der Waals surface area contributed by atoms with E-state index in [4.69, 9.17) is 5.73 Å². The van der Waals surface area contributed by atoms with Crippen LogP contribution in [0.2, 0.25) is 0 Å². The van der Waals surface area contributed by atoms with Crippen LogP contribution in [0.5, 0.6) is 0 Å². The van der Waals surface area contributed by atoms with Gasteiger partial charge in [-0.1, -0.05) is 0 Å². The summed E-state index contributed by atoms with van der Waals surface area (Å²) in [5, 5.41) is 0. The summed E-state index contributed by atoms with van der Waals surface area (Å²) in [4.78, 5) is 24.7. The molecule has 0 saturated carbocycles. The maximum atomic E-state index is 13.0. The van der Waals surface area contributed by atoms with Crippen LogP contribution in [0.4, 0.5) is 19.0 Å². The van der Waals surface area contributed by atoms with Crippen LogP contribution in [0.15, 0.2) is 12.4 Å². The Morgan fingerprint density at radius 2 is 1.97 bits per heavy atom. The third-order valence-electron chi connectivity index (χ3n) is 5.93. The Morgan fingerprint density at radius 3 is 2.66 bits per heavy atom. The Hall–Kier alpha value is -1.94. The zero-order valence-corrected chi connectivity index (χ0v) is 16.8. The van der Waals surface area contributed by atoms with Gasteiger partial charge in [0, 0.05) is 26.2 Å². The molecule has 4 heterocycles. The summed E-state index contributed by atoms with van der Waals surface area (Å²) in [6.07, 6.45) is 0.0788. The third-order valence-corrected chi connectivity index (χ3v) is 7.07. The molecule has 0 bridgehead atoms. The topological polar surface area (TPSA) is 75.3 Å². The highest BCUT2D eigenvalue weighted by Gasteiger charge is 2.42. The zero-order chi connectivity index (χ0) is 20.6. The molecule has 158 valence electrons. The Morgan fingerprint density at radius 1 is 1.21 bits per heavy atom. The lowest BCUT2D eigenvalue weighted by Gasteiger charge is -2.38. The average Bonchev–Trinajstić information content (AvgIpc) is 3.13. The molecule has 10 heteroatoms. The fourth-order valence-electron chi connectivity index (χ4n) is 4.37. The molecule has 2 aromatic heterocycles. The monoisotopic (exact) mass is 427 g/mol. The van der Waals surface area contributed by atoms with Crippen molar-refractivity contribution in [3.8, 4) is 0 Å². The van der Waals surface area contributed by atoms with Gasteiger partial charge in [-0.15, -0.1) is 11.3 Å². The number of amides is 1. The first-order valence-corrected chi connectivity index (χ1v) is 10.7. The van der Waals surface area contributed by atoms with Gasteiger partial charge in [0.25, 0.3) is 5.91 Å². The number of hydrogen-bond acceptors (Lipinski definition) is 6.